The van der Waals surface area contributed by atoms with Crippen LogP contribution in [0.4, 0.5) is 4.79 Å². The highest BCUT2D eigenvalue weighted by atomic mass is 79.9. The topological polar surface area (TPSA) is 162 Å². The number of ether oxygens (including phenoxy) is 7. The summed E-state index contributed by atoms with van der Waals surface area (Å²) in [6, 6.07) is 0. The highest BCUT2D eigenvalue weighted by Gasteiger charge is 2.39. The third-order valence-electron chi connectivity index (χ3n) is 5.19. The largest absolute Gasteiger partial charge is 0.534 e. The van der Waals surface area contributed by atoms with Gasteiger partial charge in [-0.3, -0.25) is 24.0 Å². The van der Waals surface area contributed by atoms with E-state index in [9.17, 15) is 24.0 Å². The third kappa shape index (κ3) is 16.1. The minimum Gasteiger partial charge on any atom is -0.463 e. The fourth-order valence-electron chi connectivity index (χ4n) is 2.93. The standard InChI is InChI=1S/C26H41Br2NO13/c1-24(2,27)16-38-17-26(5,18-41-21(32)25(3,4)28)22(33)39-14-12-36-10-8-35-9-11-37-13-15-40-23(34)42-29-19(30)6-7-20(29)31/h6-18H2,1-5H3. The van der Waals surface area contributed by atoms with E-state index in [0.29, 0.717) is 11.7 Å². The van der Waals surface area contributed by atoms with E-state index in [1.165, 1.54) is 0 Å². The van der Waals surface area contributed by atoms with Gasteiger partial charge in [0.2, 0.25) is 0 Å². The molecule has 0 radical (unpaired) electrons. The van der Waals surface area contributed by atoms with Crippen LogP contribution in [0.5, 0.6) is 0 Å². The van der Waals surface area contributed by atoms with Crippen molar-refractivity contribution in [1.82, 2.24) is 5.06 Å². The number of carbonyl (C=O) groups excluding carboxylic acids is 5. The summed E-state index contributed by atoms with van der Waals surface area (Å²) in [5.41, 5.74) is -1.22. The lowest BCUT2D eigenvalue weighted by Crippen LogP contribution is -2.42. The van der Waals surface area contributed by atoms with Gasteiger partial charge in [0.25, 0.3) is 11.8 Å². The van der Waals surface area contributed by atoms with Gasteiger partial charge >= 0.3 is 18.1 Å². The van der Waals surface area contributed by atoms with Crippen LogP contribution in [0.25, 0.3) is 0 Å². The Kier molecular flexibility index (Phi) is 17.0. The Morgan fingerprint density at radius 3 is 1.60 bits per heavy atom. The molecule has 2 amide bonds. The quantitative estimate of drug-likeness (QED) is 0.0557. The van der Waals surface area contributed by atoms with Gasteiger partial charge in [0.05, 0.1) is 52.9 Å². The predicted molar refractivity (Wildman–Crippen MR) is 153 cm³/mol. The summed E-state index contributed by atoms with van der Waals surface area (Å²) in [5, 5.41) is 0.397. The van der Waals surface area contributed by atoms with Gasteiger partial charge in [-0.25, -0.2) is 4.79 Å². The fraction of sp³-hybridized carbons (Fsp3) is 0.808. The SMILES string of the molecule is CC(C)(Br)COCC(C)(COC(=O)C(C)(C)Br)C(=O)OCCOCCOCCOCCOC(=O)ON1C(=O)CCC1=O. The first-order chi connectivity index (χ1) is 19.5. The molecule has 1 saturated heterocycles. The molecule has 1 heterocycles. The minimum atomic E-state index is -1.22. The van der Waals surface area contributed by atoms with Crippen molar-refractivity contribution in [1.29, 1.82) is 0 Å². The molecule has 0 spiro atoms. The van der Waals surface area contributed by atoms with Crippen molar-refractivity contribution in [3.05, 3.63) is 0 Å². The van der Waals surface area contributed by atoms with E-state index < -0.39 is 39.6 Å². The molecule has 0 bridgehead atoms. The van der Waals surface area contributed by atoms with E-state index >= 15 is 0 Å². The molecule has 1 fully saturated rings. The molecule has 1 rings (SSSR count). The van der Waals surface area contributed by atoms with Crippen molar-refractivity contribution in [3.63, 3.8) is 0 Å². The Morgan fingerprint density at radius 1 is 0.643 bits per heavy atom. The van der Waals surface area contributed by atoms with Crippen molar-refractivity contribution in [3.8, 4) is 0 Å². The number of nitrogens with zero attached hydrogens (tertiary/aromatic N) is 1. The molecule has 1 aliphatic rings. The van der Waals surface area contributed by atoms with Crippen LogP contribution >= 0.6 is 31.9 Å². The maximum absolute atomic E-state index is 12.8. The highest BCUT2D eigenvalue weighted by Crippen LogP contribution is 2.25. The summed E-state index contributed by atoms with van der Waals surface area (Å²) in [4.78, 5) is 63.8. The molecule has 0 aromatic heterocycles. The Bertz CT molecular complexity index is 888. The number of alkyl halides is 2. The second-order valence-electron chi connectivity index (χ2n) is 10.6. The zero-order chi connectivity index (χ0) is 31.8. The van der Waals surface area contributed by atoms with Crippen LogP contribution in [0.1, 0.15) is 47.5 Å². The van der Waals surface area contributed by atoms with Crippen molar-refractivity contribution >= 4 is 61.8 Å². The van der Waals surface area contributed by atoms with Gasteiger partial charge in [-0.05, 0) is 34.6 Å². The van der Waals surface area contributed by atoms with Crippen molar-refractivity contribution in [2.45, 2.75) is 56.1 Å². The molecule has 0 aliphatic carbocycles. The van der Waals surface area contributed by atoms with Crippen molar-refractivity contribution < 1.29 is 62.0 Å². The van der Waals surface area contributed by atoms with Crippen LogP contribution in [-0.4, -0.2) is 116 Å². The zero-order valence-corrected chi connectivity index (χ0v) is 27.9. The maximum Gasteiger partial charge on any atom is 0.534 e. The lowest BCUT2D eigenvalue weighted by Gasteiger charge is -2.29. The van der Waals surface area contributed by atoms with E-state index in [-0.39, 0.29) is 83.2 Å². The summed E-state index contributed by atoms with van der Waals surface area (Å²) in [7, 11) is 0. The molecule has 1 atom stereocenters. The molecular formula is C26H41Br2NO13. The van der Waals surface area contributed by atoms with Crippen LogP contribution in [-0.2, 0) is 57.2 Å². The molecule has 1 aliphatic heterocycles. The number of amides is 2. The van der Waals surface area contributed by atoms with Crippen LogP contribution in [0.3, 0.4) is 0 Å². The van der Waals surface area contributed by atoms with Crippen molar-refractivity contribution in [2.75, 3.05) is 72.7 Å². The van der Waals surface area contributed by atoms with Gasteiger partial charge in [0, 0.05) is 17.2 Å². The number of hydroxylamine groups is 2. The van der Waals surface area contributed by atoms with Crippen LogP contribution in [0.2, 0.25) is 0 Å². The van der Waals surface area contributed by atoms with E-state index in [1.807, 2.05) is 13.8 Å². The third-order valence-corrected chi connectivity index (χ3v) is 5.74. The van der Waals surface area contributed by atoms with Crippen LogP contribution < -0.4 is 0 Å². The Morgan fingerprint density at radius 2 is 1.12 bits per heavy atom. The minimum absolute atomic E-state index is 0.00342. The normalized spacial score (nSPS) is 15.4. The zero-order valence-electron chi connectivity index (χ0n) is 24.7. The molecule has 242 valence electrons. The maximum atomic E-state index is 12.8. The number of rotatable bonds is 21. The fourth-order valence-corrected chi connectivity index (χ4v) is 3.20. The van der Waals surface area contributed by atoms with E-state index in [0.717, 1.165) is 0 Å². The summed E-state index contributed by atoms with van der Waals surface area (Å²) < 4.78 is 36.0. The predicted octanol–water partition coefficient (Wildman–Crippen LogP) is 2.71. The molecule has 1 unspecified atom stereocenters. The summed E-state index contributed by atoms with van der Waals surface area (Å²) >= 11 is 6.72. The second kappa shape index (κ2) is 18.7. The van der Waals surface area contributed by atoms with Gasteiger partial charge in [-0.15, -0.1) is 0 Å². The average molecular weight is 735 g/mol. The molecule has 0 aromatic rings. The molecule has 0 saturated carbocycles. The first kappa shape index (κ1) is 38.2. The van der Waals surface area contributed by atoms with Crippen molar-refractivity contribution in [2.24, 2.45) is 5.41 Å². The molecule has 42 heavy (non-hydrogen) atoms. The van der Waals surface area contributed by atoms with Gasteiger partial charge in [0.1, 0.15) is 29.6 Å². The number of halogens is 2. The second-order valence-corrected chi connectivity index (χ2v) is 14.7. The highest BCUT2D eigenvalue weighted by molar-refractivity contribution is 9.10. The monoisotopic (exact) mass is 733 g/mol. The molecule has 0 N–H and O–H groups in total. The van der Waals surface area contributed by atoms with Gasteiger partial charge < -0.3 is 33.2 Å². The first-order valence-electron chi connectivity index (χ1n) is 13.3. The number of imide groups is 1. The van der Waals surface area contributed by atoms with Gasteiger partial charge in [-0.1, -0.05) is 36.9 Å². The van der Waals surface area contributed by atoms with Gasteiger partial charge in [0.15, 0.2) is 0 Å². The summed E-state index contributed by atoms with van der Waals surface area (Å²) in [6.07, 6.45) is -1.17. The smallest absolute Gasteiger partial charge is 0.463 e. The molecule has 16 heteroatoms. The molecular weight excluding hydrogens is 694 g/mol. The Labute approximate surface area is 262 Å². The first-order valence-corrected chi connectivity index (χ1v) is 14.9. The van der Waals surface area contributed by atoms with Crippen LogP contribution in [0, 0.1) is 5.41 Å². The lowest BCUT2D eigenvalue weighted by molar-refractivity contribution is -0.177. The summed E-state index contributed by atoms with van der Waals surface area (Å²) in [6.45, 7) is 9.91. The average Bonchev–Trinajstić information content (AvgIpc) is 3.20. The number of carbonyl (C=O) groups is 5. The van der Waals surface area contributed by atoms with Gasteiger partial charge in [-0.2, -0.15) is 0 Å². The number of hydrogen-bond donors (Lipinski definition) is 0. The summed E-state index contributed by atoms with van der Waals surface area (Å²) in [5.74, 6) is -2.28. The molecule has 0 aromatic carbocycles. The lowest BCUT2D eigenvalue weighted by atomic mass is 9.93. The molecule has 14 nitrogen and oxygen atoms in total. The Balaban J connectivity index is 2.16. The van der Waals surface area contributed by atoms with E-state index in [4.69, 9.17) is 33.2 Å². The van der Waals surface area contributed by atoms with E-state index in [1.54, 1.807) is 20.8 Å². The van der Waals surface area contributed by atoms with E-state index in [2.05, 4.69) is 36.7 Å². The number of hydrogen-bond acceptors (Lipinski definition) is 13. The number of esters is 2. The Hall–Kier alpha value is -1.85. The van der Waals surface area contributed by atoms with Crippen LogP contribution in [0.15, 0.2) is 0 Å².